The van der Waals surface area contributed by atoms with Gasteiger partial charge >= 0.3 is 17.9 Å². The quantitative estimate of drug-likeness (QED) is 0.0917. The molecule has 0 bridgehead atoms. The van der Waals surface area contributed by atoms with Crippen LogP contribution in [0.3, 0.4) is 0 Å². The number of halogens is 2. The SMILES string of the molecule is CCc1c(Cl)c(O)c(Cl)c(O)c1C(=O)O[C@H]1[C@H](O)[C@H](OC)[C@H](OCC2=CC=CCC(=O)C(C)=C[C@H](CC)[C@@H](O[C@@H]3OC(C)(C)[C@@H](OC(=O)C(C)C)[C@H](O)[C@@H]3O)C(C)=CC(C)=CC[C@@H]([C@@H](C)O)OC2=O)O[C@@H]1C. The van der Waals surface area contributed by atoms with E-state index in [9.17, 15) is 49.8 Å². The Kier molecular flexibility index (Phi) is 22.1. The molecule has 0 radical (unpaired) electrons. The van der Waals surface area contributed by atoms with Crippen molar-refractivity contribution < 1.29 is 87.7 Å². The maximum absolute atomic E-state index is 13.9. The summed E-state index contributed by atoms with van der Waals surface area (Å²) in [5.74, 6) is -5.16. The number of phenolic OH excluding ortho intramolecular Hbond substituents is 2. The molecule has 3 aliphatic heterocycles. The number of hydrogen-bond acceptors (Lipinski definition) is 18. The van der Waals surface area contributed by atoms with Gasteiger partial charge in [0.05, 0.1) is 41.4 Å². The first-order valence-electron chi connectivity index (χ1n) is 24.0. The van der Waals surface area contributed by atoms with Gasteiger partial charge in [-0.15, -0.1) is 0 Å². The number of rotatable bonds is 13. The van der Waals surface area contributed by atoms with E-state index in [1.54, 1.807) is 67.5 Å². The predicted molar refractivity (Wildman–Crippen MR) is 264 cm³/mol. The van der Waals surface area contributed by atoms with E-state index >= 15 is 0 Å². The Morgan fingerprint density at radius 3 is 2.19 bits per heavy atom. The first kappa shape index (κ1) is 60.4. The Balaban J connectivity index is 1.61. The van der Waals surface area contributed by atoms with Crippen LogP contribution in [0.5, 0.6) is 11.5 Å². The maximum atomic E-state index is 13.9. The minimum atomic E-state index is -1.62. The van der Waals surface area contributed by atoms with E-state index in [4.69, 9.17) is 61.1 Å². The number of aliphatic hydroxyl groups is 4. The van der Waals surface area contributed by atoms with Crippen molar-refractivity contribution >= 4 is 46.9 Å². The summed E-state index contributed by atoms with van der Waals surface area (Å²) < 4.78 is 47.4. The zero-order valence-corrected chi connectivity index (χ0v) is 44.4. The summed E-state index contributed by atoms with van der Waals surface area (Å²) in [4.78, 5) is 53.6. The van der Waals surface area contributed by atoms with Crippen LogP contribution in [-0.4, -0.2) is 147 Å². The summed E-state index contributed by atoms with van der Waals surface area (Å²) in [6.07, 6.45) is -5.22. The number of benzene rings is 1. The van der Waals surface area contributed by atoms with Crippen LogP contribution in [0.1, 0.15) is 111 Å². The highest BCUT2D eigenvalue weighted by Crippen LogP contribution is 2.45. The normalized spacial score (nSPS) is 30.5. The van der Waals surface area contributed by atoms with Crippen molar-refractivity contribution in [3.05, 3.63) is 79.9 Å². The number of ether oxygens (including phenoxy) is 8. The van der Waals surface area contributed by atoms with E-state index in [1.807, 2.05) is 13.0 Å². The number of aliphatic hydroxyl groups excluding tert-OH is 4. The van der Waals surface area contributed by atoms with Crippen LogP contribution in [0.15, 0.2) is 58.7 Å². The highest BCUT2D eigenvalue weighted by molar-refractivity contribution is 6.39. The fourth-order valence-electron chi connectivity index (χ4n) is 8.51. The lowest BCUT2D eigenvalue weighted by Crippen LogP contribution is -2.64. The van der Waals surface area contributed by atoms with Crippen molar-refractivity contribution in [2.24, 2.45) is 11.8 Å². The van der Waals surface area contributed by atoms with E-state index in [-0.39, 0.29) is 41.2 Å². The van der Waals surface area contributed by atoms with Crippen LogP contribution in [0.25, 0.3) is 0 Å². The van der Waals surface area contributed by atoms with E-state index in [0.29, 0.717) is 23.1 Å². The second-order valence-electron chi connectivity index (χ2n) is 19.2. The molecule has 1 aromatic carbocycles. The van der Waals surface area contributed by atoms with Gasteiger partial charge in [-0.1, -0.05) is 86.9 Å². The topological polar surface area (TPSA) is 263 Å². The molecular weight excluding hydrogens is 983 g/mol. The summed E-state index contributed by atoms with van der Waals surface area (Å²) in [7, 11) is 1.25. The number of allylic oxidation sites excluding steroid dienone is 6. The molecule has 18 nitrogen and oxygen atoms in total. The zero-order valence-electron chi connectivity index (χ0n) is 42.9. The van der Waals surface area contributed by atoms with Crippen LogP contribution >= 0.6 is 23.2 Å². The van der Waals surface area contributed by atoms with Crippen molar-refractivity contribution in [2.45, 2.75) is 181 Å². The molecule has 1 aromatic rings. The molecular formula is C52H72Cl2O18. The number of methoxy groups -OCH3 is 1. The predicted octanol–water partition coefficient (Wildman–Crippen LogP) is 6.44. The molecule has 6 N–H and O–H groups in total. The van der Waals surface area contributed by atoms with Crippen molar-refractivity contribution in [1.82, 2.24) is 0 Å². The molecule has 3 heterocycles. The molecule has 0 saturated carbocycles. The molecule has 3 aliphatic rings. The Labute approximate surface area is 431 Å². The number of carbonyl (C=O) groups is 4. The van der Waals surface area contributed by atoms with Crippen LogP contribution in [0, 0.1) is 11.8 Å². The molecule has 0 unspecified atom stereocenters. The number of hydrogen-bond donors (Lipinski definition) is 6. The van der Waals surface area contributed by atoms with Crippen molar-refractivity contribution in [3.8, 4) is 11.5 Å². The highest BCUT2D eigenvalue weighted by atomic mass is 35.5. The number of Topliss-reactive ketones (excluding diaryl/α,β-unsaturated/α-hetero) is 1. The Hall–Kier alpha value is -4.18. The third-order valence-corrected chi connectivity index (χ3v) is 13.6. The van der Waals surface area contributed by atoms with Gasteiger partial charge in [-0.3, -0.25) is 9.59 Å². The molecule has 0 aromatic heterocycles. The van der Waals surface area contributed by atoms with Crippen molar-refractivity contribution in [2.75, 3.05) is 13.7 Å². The van der Waals surface area contributed by atoms with Gasteiger partial charge in [-0.25, -0.2) is 9.59 Å². The molecule has 402 valence electrons. The maximum Gasteiger partial charge on any atom is 0.342 e. The number of carbonyl (C=O) groups excluding carboxylic acids is 4. The van der Waals surface area contributed by atoms with Crippen LogP contribution in [0.4, 0.5) is 0 Å². The molecule has 0 spiro atoms. The standard InChI is InChI=1S/C52H72Cl2O18/c1-13-30-22-26(6)33(56)18-16-15-17-31(23-66-51-45(65-12)42(61)44(29(9)67-51)69-49(64)35-32(14-2)36(53)39(58)37(54)38(35)57)48(63)68-34(28(8)55)20-19-25(5)21-27(7)43(30)70-50-41(60)40(59)46(52(10,11)72-50)71-47(62)24(3)4/h15-17,19,21-22,24,28-30,34,40-46,50-51,55,57-61H,13-14,18,20,23H2,1-12H3/t28-,29-,30+,34+,40-,41+,42+,43+,44-,45+,46+,50-,51-/m1/s1. The molecule has 2 saturated heterocycles. The molecule has 2 fully saturated rings. The summed E-state index contributed by atoms with van der Waals surface area (Å²) in [6, 6.07) is 0. The summed E-state index contributed by atoms with van der Waals surface area (Å²) in [6.45, 7) is 17.8. The third kappa shape index (κ3) is 14.6. The molecule has 72 heavy (non-hydrogen) atoms. The smallest absolute Gasteiger partial charge is 0.342 e. The van der Waals surface area contributed by atoms with Crippen LogP contribution in [0.2, 0.25) is 10.0 Å². The lowest BCUT2D eigenvalue weighted by atomic mass is 9.88. The monoisotopic (exact) mass is 1050 g/mol. The van der Waals surface area contributed by atoms with Gasteiger partial charge in [0.1, 0.15) is 46.7 Å². The van der Waals surface area contributed by atoms with Gasteiger partial charge in [0.25, 0.3) is 0 Å². The number of ketones is 1. The second kappa shape index (κ2) is 26.3. The van der Waals surface area contributed by atoms with Crippen molar-refractivity contribution in [1.29, 1.82) is 0 Å². The minimum absolute atomic E-state index is 0.0547. The van der Waals surface area contributed by atoms with Crippen molar-refractivity contribution in [3.63, 3.8) is 0 Å². The third-order valence-electron chi connectivity index (χ3n) is 12.8. The summed E-state index contributed by atoms with van der Waals surface area (Å²) >= 11 is 12.3. The Morgan fingerprint density at radius 1 is 0.931 bits per heavy atom. The molecule has 0 amide bonds. The molecule has 4 rings (SSSR count). The Morgan fingerprint density at radius 2 is 1.60 bits per heavy atom. The van der Waals surface area contributed by atoms with Gasteiger partial charge in [0.2, 0.25) is 0 Å². The first-order valence-corrected chi connectivity index (χ1v) is 24.8. The molecule has 20 heteroatoms. The number of phenols is 2. The van der Waals surface area contributed by atoms with Crippen LogP contribution in [-0.2, 0) is 58.7 Å². The number of esters is 3. The van der Waals surface area contributed by atoms with E-state index in [0.717, 1.165) is 0 Å². The first-order chi connectivity index (χ1) is 33.7. The fraction of sp³-hybridized carbons (Fsp3) is 0.615. The summed E-state index contributed by atoms with van der Waals surface area (Å²) in [5, 5.41) is 65.0. The molecule has 0 aliphatic carbocycles. The van der Waals surface area contributed by atoms with Gasteiger partial charge < -0.3 is 68.5 Å². The lowest BCUT2D eigenvalue weighted by Gasteiger charge is -2.47. The second-order valence-corrected chi connectivity index (χ2v) is 19.9. The zero-order chi connectivity index (χ0) is 54.1. The van der Waals surface area contributed by atoms with E-state index in [2.05, 4.69) is 0 Å². The lowest BCUT2D eigenvalue weighted by molar-refractivity contribution is -0.333. The largest absolute Gasteiger partial charge is 0.505 e. The van der Waals surface area contributed by atoms with Gasteiger partial charge in [0.15, 0.2) is 42.1 Å². The molecule has 13 atom stereocenters. The van der Waals surface area contributed by atoms with Gasteiger partial charge in [-0.2, -0.15) is 0 Å². The van der Waals surface area contributed by atoms with E-state index in [1.165, 1.54) is 39.2 Å². The average Bonchev–Trinajstić information content (AvgIpc) is 3.32. The highest BCUT2D eigenvalue weighted by Gasteiger charge is 2.53. The van der Waals surface area contributed by atoms with Gasteiger partial charge in [0, 0.05) is 25.9 Å². The number of cyclic esters (lactones) is 1. The Bertz CT molecular complexity index is 2260. The number of aromatic hydroxyl groups is 2. The van der Waals surface area contributed by atoms with Gasteiger partial charge in [-0.05, 0) is 84.1 Å². The summed E-state index contributed by atoms with van der Waals surface area (Å²) in [5.41, 5.74) is 0.0227. The van der Waals surface area contributed by atoms with E-state index < -0.39 is 138 Å². The van der Waals surface area contributed by atoms with Crippen LogP contribution < -0.4 is 0 Å². The average molecular weight is 1060 g/mol. The fourth-order valence-corrected chi connectivity index (χ4v) is 9.07. The minimum Gasteiger partial charge on any atom is -0.505 e.